The fourth-order valence-electron chi connectivity index (χ4n) is 2.35. The lowest BCUT2D eigenvalue weighted by Gasteiger charge is -2.14. The summed E-state index contributed by atoms with van der Waals surface area (Å²) in [7, 11) is 0. The average Bonchev–Trinajstić information content (AvgIpc) is 2.72. The van der Waals surface area contributed by atoms with Crippen molar-refractivity contribution in [2.45, 2.75) is 19.8 Å². The number of hydrogen-bond donors (Lipinski definition) is 0. The molecule has 1 aliphatic rings. The maximum atomic E-state index is 12.5. The van der Waals surface area contributed by atoms with Gasteiger partial charge in [0, 0.05) is 23.8 Å². The molecular weight excluding hydrogens is 248 g/mol. The van der Waals surface area contributed by atoms with Crippen LogP contribution in [0.5, 0.6) is 0 Å². The van der Waals surface area contributed by atoms with Crippen LogP contribution in [0.4, 0.5) is 0 Å². The molecule has 0 atom stereocenters. The summed E-state index contributed by atoms with van der Waals surface area (Å²) in [6.45, 7) is 1.93. The van der Waals surface area contributed by atoms with E-state index in [0.717, 1.165) is 24.2 Å². The number of hydrogen-bond acceptors (Lipinski definition) is 1. The van der Waals surface area contributed by atoms with Crippen LogP contribution in [0.2, 0.25) is 5.02 Å². The van der Waals surface area contributed by atoms with Gasteiger partial charge in [-0.25, -0.2) is 0 Å². The lowest BCUT2D eigenvalue weighted by Crippen LogP contribution is -2.23. The minimum Gasteiger partial charge on any atom is -0.316 e. The first-order valence-corrected chi connectivity index (χ1v) is 6.32. The van der Waals surface area contributed by atoms with Gasteiger partial charge in [-0.1, -0.05) is 23.8 Å². The van der Waals surface area contributed by atoms with E-state index in [-0.39, 0.29) is 5.56 Å². The van der Waals surface area contributed by atoms with Gasteiger partial charge < -0.3 is 4.40 Å². The molecule has 0 aliphatic heterocycles. The minimum atomic E-state index is -0.0669. The van der Waals surface area contributed by atoms with Gasteiger partial charge in [0.1, 0.15) is 5.52 Å². The molecule has 0 saturated carbocycles. The normalized spacial score (nSPS) is 15.1. The Morgan fingerprint density at radius 2 is 2.17 bits per heavy atom. The molecule has 0 aromatic carbocycles. The zero-order chi connectivity index (χ0) is 12.7. The summed E-state index contributed by atoms with van der Waals surface area (Å²) in [6, 6.07) is 1.74. The van der Waals surface area contributed by atoms with E-state index in [0.29, 0.717) is 10.5 Å². The van der Waals surface area contributed by atoms with E-state index in [2.05, 4.69) is 12.2 Å². The highest BCUT2D eigenvalue weighted by Crippen LogP contribution is 2.19. The molecule has 0 fully saturated rings. The fraction of sp³-hybridized carbons (Fsp3) is 0.214. The van der Waals surface area contributed by atoms with Crippen LogP contribution < -0.4 is 5.56 Å². The van der Waals surface area contributed by atoms with Crippen molar-refractivity contribution in [3.8, 4) is 0 Å². The van der Waals surface area contributed by atoms with Gasteiger partial charge in [-0.3, -0.25) is 9.36 Å². The van der Waals surface area contributed by atoms with Crippen molar-refractivity contribution in [2.75, 3.05) is 0 Å². The summed E-state index contributed by atoms with van der Waals surface area (Å²) < 4.78 is 3.50. The van der Waals surface area contributed by atoms with E-state index in [1.165, 1.54) is 0 Å². The molecule has 1 aliphatic carbocycles. The molecular formula is C14H13ClN2O. The van der Waals surface area contributed by atoms with Crippen LogP contribution in [0.15, 0.2) is 41.5 Å². The van der Waals surface area contributed by atoms with Gasteiger partial charge in [0.25, 0.3) is 5.56 Å². The van der Waals surface area contributed by atoms with Crippen molar-refractivity contribution < 1.29 is 0 Å². The van der Waals surface area contributed by atoms with Gasteiger partial charge in [0.05, 0.1) is 5.02 Å². The fourth-order valence-corrected chi connectivity index (χ4v) is 2.59. The second-order valence-corrected chi connectivity index (χ2v) is 4.85. The standard InChI is InChI=1S/C14H13ClN2O/c1-10-9-16-8-7-12(15)13(16)14(18)17(10)11-5-3-2-4-6-11/h3,5-9H,2,4H2,1H3. The first-order chi connectivity index (χ1) is 8.68. The Kier molecular flexibility index (Phi) is 2.63. The van der Waals surface area contributed by atoms with Gasteiger partial charge in [0.2, 0.25) is 0 Å². The van der Waals surface area contributed by atoms with Crippen molar-refractivity contribution in [3.05, 3.63) is 57.8 Å². The molecule has 2 aromatic heterocycles. The molecule has 4 heteroatoms. The van der Waals surface area contributed by atoms with E-state index < -0.39 is 0 Å². The van der Waals surface area contributed by atoms with Crippen LogP contribution in [-0.4, -0.2) is 8.97 Å². The van der Waals surface area contributed by atoms with Gasteiger partial charge >= 0.3 is 0 Å². The van der Waals surface area contributed by atoms with E-state index in [4.69, 9.17) is 11.6 Å². The number of aryl methyl sites for hydroxylation is 1. The van der Waals surface area contributed by atoms with Gasteiger partial charge in [-0.15, -0.1) is 0 Å². The predicted octanol–water partition coefficient (Wildman–Crippen LogP) is 3.25. The first-order valence-electron chi connectivity index (χ1n) is 5.94. The molecule has 0 radical (unpaired) electrons. The molecule has 0 N–H and O–H groups in total. The molecule has 3 rings (SSSR count). The zero-order valence-corrected chi connectivity index (χ0v) is 10.8. The van der Waals surface area contributed by atoms with Gasteiger partial charge in [0.15, 0.2) is 0 Å². The smallest absolute Gasteiger partial charge is 0.281 e. The molecule has 18 heavy (non-hydrogen) atoms. The number of allylic oxidation sites excluding steroid dienone is 4. The molecule has 0 bridgehead atoms. The number of halogens is 1. The molecule has 0 unspecified atom stereocenters. The Hall–Kier alpha value is -1.74. The van der Waals surface area contributed by atoms with Crippen molar-refractivity contribution in [1.82, 2.24) is 8.97 Å². The van der Waals surface area contributed by atoms with Crippen molar-refractivity contribution in [2.24, 2.45) is 0 Å². The third-order valence-electron chi connectivity index (χ3n) is 3.18. The van der Waals surface area contributed by atoms with Crippen molar-refractivity contribution in [1.29, 1.82) is 0 Å². The second kappa shape index (κ2) is 4.18. The highest BCUT2D eigenvalue weighted by molar-refractivity contribution is 6.33. The summed E-state index contributed by atoms with van der Waals surface area (Å²) in [5, 5.41) is 0.495. The summed E-state index contributed by atoms with van der Waals surface area (Å²) in [5.74, 6) is 0. The third-order valence-corrected chi connectivity index (χ3v) is 3.49. The Labute approximate surface area is 110 Å². The lowest BCUT2D eigenvalue weighted by molar-refractivity contribution is 0.909. The number of rotatable bonds is 1. The number of nitrogens with zero attached hydrogens (tertiary/aromatic N) is 2. The molecule has 0 amide bonds. The minimum absolute atomic E-state index is 0.0669. The number of fused-ring (bicyclic) bond motifs is 1. The van der Waals surface area contributed by atoms with Crippen LogP contribution in [0.1, 0.15) is 18.5 Å². The average molecular weight is 261 g/mol. The van der Waals surface area contributed by atoms with E-state index in [1.807, 2.05) is 25.4 Å². The number of aromatic nitrogens is 2. The molecule has 2 aromatic rings. The molecule has 2 heterocycles. The second-order valence-electron chi connectivity index (χ2n) is 4.44. The Balaban J connectivity index is 2.35. The summed E-state index contributed by atoms with van der Waals surface area (Å²) >= 11 is 6.07. The van der Waals surface area contributed by atoms with Gasteiger partial charge in [-0.2, -0.15) is 0 Å². The molecule has 0 saturated heterocycles. The lowest BCUT2D eigenvalue weighted by atomic mass is 10.1. The van der Waals surface area contributed by atoms with Crippen molar-refractivity contribution in [3.63, 3.8) is 0 Å². The molecule has 92 valence electrons. The topological polar surface area (TPSA) is 26.4 Å². The zero-order valence-electron chi connectivity index (χ0n) is 10.1. The monoisotopic (exact) mass is 260 g/mol. The summed E-state index contributed by atoms with van der Waals surface area (Å²) in [6.07, 6.45) is 11.9. The largest absolute Gasteiger partial charge is 0.316 e. The highest BCUT2D eigenvalue weighted by Gasteiger charge is 2.12. The van der Waals surface area contributed by atoms with Crippen LogP contribution in [0.3, 0.4) is 0 Å². The van der Waals surface area contributed by atoms with Crippen LogP contribution in [0, 0.1) is 6.92 Å². The maximum absolute atomic E-state index is 12.5. The van der Waals surface area contributed by atoms with Crippen LogP contribution >= 0.6 is 11.6 Å². The Morgan fingerprint density at radius 3 is 2.89 bits per heavy atom. The molecule has 0 spiro atoms. The predicted molar refractivity (Wildman–Crippen MR) is 74.1 cm³/mol. The third kappa shape index (κ3) is 1.63. The maximum Gasteiger partial charge on any atom is 0.281 e. The van der Waals surface area contributed by atoms with E-state index in [9.17, 15) is 4.79 Å². The SMILES string of the molecule is Cc1cn2ccc(Cl)c2c(=O)n1C1=CCCC=C1. The van der Waals surface area contributed by atoms with Crippen molar-refractivity contribution >= 4 is 22.8 Å². The first kappa shape index (κ1) is 11.4. The quantitative estimate of drug-likeness (QED) is 0.773. The summed E-state index contributed by atoms with van der Waals surface area (Å²) in [4.78, 5) is 12.5. The van der Waals surface area contributed by atoms with E-state index >= 15 is 0 Å². The summed E-state index contributed by atoms with van der Waals surface area (Å²) in [5.41, 5.74) is 2.30. The Morgan fingerprint density at radius 1 is 1.33 bits per heavy atom. The Bertz CT molecular complexity index is 734. The van der Waals surface area contributed by atoms with Crippen LogP contribution in [-0.2, 0) is 0 Å². The molecule has 3 nitrogen and oxygen atoms in total. The van der Waals surface area contributed by atoms with Crippen LogP contribution in [0.25, 0.3) is 11.2 Å². The van der Waals surface area contributed by atoms with Gasteiger partial charge in [-0.05, 0) is 31.9 Å². The highest BCUT2D eigenvalue weighted by atomic mass is 35.5. The van der Waals surface area contributed by atoms with E-state index in [1.54, 1.807) is 15.0 Å².